The molecule has 1 rings (SSSR count). The molecule has 1 aromatic carbocycles. The largest absolute Gasteiger partial charge is 0.492 e. The van der Waals surface area contributed by atoms with Crippen LogP contribution in [-0.4, -0.2) is 27.2 Å². The number of hydrazine groups is 1. The highest BCUT2D eigenvalue weighted by atomic mass is 16.5. The van der Waals surface area contributed by atoms with Crippen LogP contribution < -0.4 is 25.5 Å². The SMILES string of the molecule is COc1c(C(=O)NN)cc(C(C)C)c(OC)c1OC. The molecule has 0 aromatic heterocycles. The van der Waals surface area contributed by atoms with E-state index >= 15 is 0 Å². The Balaban J connectivity index is 3.65. The molecule has 0 radical (unpaired) electrons. The van der Waals surface area contributed by atoms with E-state index in [4.69, 9.17) is 20.1 Å². The first-order valence-corrected chi connectivity index (χ1v) is 5.85. The molecule has 1 aromatic rings. The molecule has 0 spiro atoms. The van der Waals surface area contributed by atoms with Gasteiger partial charge in [0.25, 0.3) is 5.91 Å². The standard InChI is InChI=1S/C13H20N2O4/c1-7(2)8-6-9(13(16)15-14)11(18-4)12(19-5)10(8)17-3/h6-7H,14H2,1-5H3,(H,15,16). The van der Waals surface area contributed by atoms with E-state index in [0.29, 0.717) is 22.8 Å². The number of rotatable bonds is 5. The first-order valence-electron chi connectivity index (χ1n) is 5.85. The Morgan fingerprint density at radius 3 is 2.00 bits per heavy atom. The molecule has 6 heteroatoms. The average Bonchev–Trinajstić information content (AvgIpc) is 2.43. The summed E-state index contributed by atoms with van der Waals surface area (Å²) in [6.07, 6.45) is 0. The van der Waals surface area contributed by atoms with Gasteiger partial charge in [-0.3, -0.25) is 10.2 Å². The van der Waals surface area contributed by atoms with Gasteiger partial charge in [0.05, 0.1) is 26.9 Å². The zero-order valence-electron chi connectivity index (χ0n) is 11.9. The van der Waals surface area contributed by atoms with E-state index in [2.05, 4.69) is 5.43 Å². The average molecular weight is 268 g/mol. The quantitative estimate of drug-likeness (QED) is 0.479. The number of ether oxygens (including phenoxy) is 3. The fourth-order valence-corrected chi connectivity index (χ4v) is 1.92. The molecular weight excluding hydrogens is 248 g/mol. The lowest BCUT2D eigenvalue weighted by atomic mass is 9.97. The van der Waals surface area contributed by atoms with E-state index in [1.807, 2.05) is 13.8 Å². The van der Waals surface area contributed by atoms with Gasteiger partial charge in [0.15, 0.2) is 11.5 Å². The van der Waals surface area contributed by atoms with Crippen LogP contribution in [-0.2, 0) is 0 Å². The second-order valence-electron chi connectivity index (χ2n) is 4.24. The van der Waals surface area contributed by atoms with Gasteiger partial charge in [-0.25, -0.2) is 5.84 Å². The summed E-state index contributed by atoms with van der Waals surface area (Å²) in [6.45, 7) is 3.99. The second-order valence-corrected chi connectivity index (χ2v) is 4.24. The summed E-state index contributed by atoms with van der Waals surface area (Å²) in [7, 11) is 4.50. The molecule has 0 aliphatic carbocycles. The number of carbonyl (C=O) groups is 1. The van der Waals surface area contributed by atoms with Gasteiger partial charge >= 0.3 is 0 Å². The number of nitrogen functional groups attached to an aromatic ring is 1. The minimum atomic E-state index is -0.445. The Hall–Kier alpha value is -1.95. The third-order valence-corrected chi connectivity index (χ3v) is 2.83. The van der Waals surface area contributed by atoms with Gasteiger partial charge in [-0.1, -0.05) is 13.8 Å². The third-order valence-electron chi connectivity index (χ3n) is 2.83. The zero-order valence-corrected chi connectivity index (χ0v) is 11.9. The third kappa shape index (κ3) is 2.73. The topological polar surface area (TPSA) is 82.8 Å². The minimum absolute atomic E-state index is 0.152. The highest BCUT2D eigenvalue weighted by Crippen LogP contribution is 2.44. The Kier molecular flexibility index (Phi) is 5.00. The summed E-state index contributed by atoms with van der Waals surface area (Å²) in [5, 5.41) is 0. The summed E-state index contributed by atoms with van der Waals surface area (Å²) in [5.41, 5.74) is 3.25. The molecule has 0 heterocycles. The van der Waals surface area contributed by atoms with Crippen molar-refractivity contribution in [3.8, 4) is 17.2 Å². The molecule has 106 valence electrons. The van der Waals surface area contributed by atoms with Crippen molar-refractivity contribution >= 4 is 5.91 Å². The van der Waals surface area contributed by atoms with Gasteiger partial charge in [-0.05, 0) is 12.0 Å². The van der Waals surface area contributed by atoms with Gasteiger partial charge in [-0.2, -0.15) is 0 Å². The van der Waals surface area contributed by atoms with E-state index < -0.39 is 5.91 Å². The molecule has 0 bridgehead atoms. The molecule has 0 saturated carbocycles. The minimum Gasteiger partial charge on any atom is -0.492 e. The fraction of sp³-hybridized carbons (Fsp3) is 0.462. The molecule has 6 nitrogen and oxygen atoms in total. The molecule has 19 heavy (non-hydrogen) atoms. The van der Waals surface area contributed by atoms with E-state index in [-0.39, 0.29) is 5.92 Å². The summed E-state index contributed by atoms with van der Waals surface area (Å²) in [6, 6.07) is 1.70. The zero-order chi connectivity index (χ0) is 14.6. The first kappa shape index (κ1) is 15.1. The van der Waals surface area contributed by atoms with Crippen LogP contribution in [0.4, 0.5) is 0 Å². The smallest absolute Gasteiger partial charge is 0.269 e. The van der Waals surface area contributed by atoms with Gasteiger partial charge in [0.1, 0.15) is 0 Å². The van der Waals surface area contributed by atoms with Crippen molar-refractivity contribution in [1.29, 1.82) is 0 Å². The monoisotopic (exact) mass is 268 g/mol. The summed E-state index contributed by atoms with van der Waals surface area (Å²) in [4.78, 5) is 11.8. The highest BCUT2D eigenvalue weighted by Gasteiger charge is 2.25. The number of methoxy groups -OCH3 is 3. The van der Waals surface area contributed by atoms with Crippen molar-refractivity contribution in [3.63, 3.8) is 0 Å². The van der Waals surface area contributed by atoms with Crippen LogP contribution in [0.1, 0.15) is 35.7 Å². The van der Waals surface area contributed by atoms with E-state index in [1.54, 1.807) is 13.2 Å². The molecule has 0 unspecified atom stereocenters. The summed E-state index contributed by atoms with van der Waals surface area (Å²) >= 11 is 0. The van der Waals surface area contributed by atoms with Crippen molar-refractivity contribution in [2.75, 3.05) is 21.3 Å². The molecule has 0 atom stereocenters. The van der Waals surface area contributed by atoms with Gasteiger partial charge < -0.3 is 14.2 Å². The summed E-state index contributed by atoms with van der Waals surface area (Å²) in [5.74, 6) is 6.14. The van der Waals surface area contributed by atoms with Crippen molar-refractivity contribution in [2.24, 2.45) is 5.84 Å². The number of nitrogens with one attached hydrogen (secondary N) is 1. The van der Waals surface area contributed by atoms with Crippen LogP contribution in [0.15, 0.2) is 6.07 Å². The molecular formula is C13H20N2O4. The predicted molar refractivity (Wildman–Crippen MR) is 71.8 cm³/mol. The van der Waals surface area contributed by atoms with Crippen molar-refractivity contribution in [3.05, 3.63) is 17.2 Å². The predicted octanol–water partition coefficient (Wildman–Crippen LogP) is 1.44. The maximum absolute atomic E-state index is 11.8. The van der Waals surface area contributed by atoms with Crippen LogP contribution in [0.25, 0.3) is 0 Å². The van der Waals surface area contributed by atoms with E-state index in [0.717, 1.165) is 5.56 Å². The molecule has 0 fully saturated rings. The molecule has 0 aliphatic rings. The first-order chi connectivity index (χ1) is 9.01. The van der Waals surface area contributed by atoms with E-state index in [1.165, 1.54) is 14.2 Å². The number of hydrogen-bond donors (Lipinski definition) is 2. The lowest BCUT2D eigenvalue weighted by Gasteiger charge is -2.20. The Labute approximate surface area is 112 Å². The van der Waals surface area contributed by atoms with Crippen LogP contribution in [0, 0.1) is 0 Å². The Morgan fingerprint density at radius 2 is 1.63 bits per heavy atom. The summed E-state index contributed by atoms with van der Waals surface area (Å²) < 4.78 is 15.9. The van der Waals surface area contributed by atoms with Gasteiger partial charge in [0.2, 0.25) is 5.75 Å². The Bertz CT molecular complexity index is 472. The lowest BCUT2D eigenvalue weighted by molar-refractivity contribution is 0.0949. The molecule has 1 amide bonds. The highest BCUT2D eigenvalue weighted by molar-refractivity contribution is 5.98. The molecule has 3 N–H and O–H groups in total. The van der Waals surface area contributed by atoms with E-state index in [9.17, 15) is 4.79 Å². The van der Waals surface area contributed by atoms with Crippen molar-refractivity contribution in [1.82, 2.24) is 5.43 Å². The maximum Gasteiger partial charge on any atom is 0.269 e. The van der Waals surface area contributed by atoms with Crippen LogP contribution in [0.3, 0.4) is 0 Å². The van der Waals surface area contributed by atoms with Crippen LogP contribution in [0.2, 0.25) is 0 Å². The van der Waals surface area contributed by atoms with Crippen LogP contribution in [0.5, 0.6) is 17.2 Å². The number of nitrogens with two attached hydrogens (primary N) is 1. The number of hydrogen-bond acceptors (Lipinski definition) is 5. The van der Waals surface area contributed by atoms with Crippen molar-refractivity contribution in [2.45, 2.75) is 19.8 Å². The number of carbonyl (C=O) groups excluding carboxylic acids is 1. The normalized spacial score (nSPS) is 10.3. The Morgan fingerprint density at radius 1 is 1.11 bits per heavy atom. The lowest BCUT2D eigenvalue weighted by Crippen LogP contribution is -2.30. The maximum atomic E-state index is 11.8. The van der Waals surface area contributed by atoms with Gasteiger partial charge in [0, 0.05) is 5.56 Å². The second kappa shape index (κ2) is 6.29. The van der Waals surface area contributed by atoms with Crippen molar-refractivity contribution < 1.29 is 19.0 Å². The molecule has 0 saturated heterocycles. The van der Waals surface area contributed by atoms with Gasteiger partial charge in [-0.15, -0.1) is 0 Å². The number of amides is 1. The van der Waals surface area contributed by atoms with Crippen LogP contribution >= 0.6 is 0 Å². The number of benzene rings is 1. The fourth-order valence-electron chi connectivity index (χ4n) is 1.92. The molecule has 0 aliphatic heterocycles.